The molecular formula is C26H28F3N5O4. The Labute approximate surface area is 216 Å². The Morgan fingerprint density at radius 3 is 2.34 bits per heavy atom. The molecule has 2 aromatic heterocycles. The molecule has 3 heterocycles. The lowest BCUT2D eigenvalue weighted by molar-refractivity contribution is -0.141. The van der Waals surface area contributed by atoms with Crippen molar-refractivity contribution in [1.82, 2.24) is 19.8 Å². The minimum atomic E-state index is -4.63. The molecule has 2 amide bonds. The second-order valence-corrected chi connectivity index (χ2v) is 9.67. The highest BCUT2D eigenvalue weighted by Crippen LogP contribution is 2.37. The summed E-state index contributed by atoms with van der Waals surface area (Å²) >= 11 is 0. The van der Waals surface area contributed by atoms with Crippen molar-refractivity contribution in [2.45, 2.75) is 38.4 Å². The number of halogens is 3. The average Bonchev–Trinajstić information content (AvgIpc) is 3.31. The lowest BCUT2D eigenvalue weighted by atomic mass is 9.84. The monoisotopic (exact) mass is 531 g/mol. The summed E-state index contributed by atoms with van der Waals surface area (Å²) in [7, 11) is 1.34. The van der Waals surface area contributed by atoms with E-state index < -0.39 is 17.9 Å². The first-order chi connectivity index (χ1) is 18.1. The van der Waals surface area contributed by atoms with E-state index in [4.69, 9.17) is 14.9 Å². The minimum Gasteiger partial charge on any atom is -0.494 e. The van der Waals surface area contributed by atoms with Crippen molar-refractivity contribution in [3.8, 4) is 17.2 Å². The molecule has 9 nitrogen and oxygen atoms in total. The van der Waals surface area contributed by atoms with Gasteiger partial charge in [0.15, 0.2) is 11.5 Å². The van der Waals surface area contributed by atoms with Crippen LogP contribution in [-0.4, -0.2) is 64.9 Å². The molecule has 3 aromatic rings. The van der Waals surface area contributed by atoms with E-state index in [-0.39, 0.29) is 46.3 Å². The number of alkyl halides is 3. The highest BCUT2D eigenvalue weighted by molar-refractivity contribution is 5.98. The van der Waals surface area contributed by atoms with Gasteiger partial charge in [-0.05, 0) is 44.0 Å². The quantitative estimate of drug-likeness (QED) is 0.529. The van der Waals surface area contributed by atoms with Gasteiger partial charge in [0.25, 0.3) is 5.91 Å². The van der Waals surface area contributed by atoms with E-state index in [1.54, 1.807) is 22.8 Å². The third kappa shape index (κ3) is 4.68. The number of piperazine rings is 1. The normalized spacial score (nSPS) is 17.4. The summed E-state index contributed by atoms with van der Waals surface area (Å²) in [6.07, 6.45) is -1.71. The third-order valence-electron chi connectivity index (χ3n) is 7.16. The molecule has 38 heavy (non-hydrogen) atoms. The topological polar surface area (TPSA) is 115 Å². The number of hydrogen-bond acceptors (Lipinski definition) is 7. The van der Waals surface area contributed by atoms with E-state index in [0.717, 1.165) is 25.3 Å². The van der Waals surface area contributed by atoms with E-state index >= 15 is 0 Å². The first kappa shape index (κ1) is 26.0. The number of nitrogens with two attached hydrogens (primary N) is 1. The van der Waals surface area contributed by atoms with E-state index in [1.165, 1.54) is 19.2 Å². The van der Waals surface area contributed by atoms with Crippen LogP contribution >= 0.6 is 0 Å². The third-order valence-corrected chi connectivity index (χ3v) is 7.16. The second kappa shape index (κ2) is 9.90. The summed E-state index contributed by atoms with van der Waals surface area (Å²) in [5.74, 6) is 0.228. The molecule has 1 saturated heterocycles. The van der Waals surface area contributed by atoms with Crippen molar-refractivity contribution in [2.75, 3.05) is 33.3 Å². The van der Waals surface area contributed by atoms with E-state index in [0.29, 0.717) is 37.1 Å². The van der Waals surface area contributed by atoms with Gasteiger partial charge < -0.3 is 24.7 Å². The van der Waals surface area contributed by atoms with Crippen molar-refractivity contribution in [1.29, 1.82) is 0 Å². The molecule has 0 radical (unpaired) electrons. The zero-order chi connectivity index (χ0) is 27.2. The zero-order valence-corrected chi connectivity index (χ0v) is 21.0. The fourth-order valence-corrected chi connectivity index (χ4v) is 4.80. The van der Waals surface area contributed by atoms with Crippen molar-refractivity contribution in [2.24, 2.45) is 11.7 Å². The van der Waals surface area contributed by atoms with Gasteiger partial charge in [0.1, 0.15) is 17.0 Å². The molecule has 2 fully saturated rings. The fourth-order valence-electron chi connectivity index (χ4n) is 4.80. The molecule has 0 unspecified atom stereocenters. The Kier molecular flexibility index (Phi) is 6.76. The van der Waals surface area contributed by atoms with Crippen LogP contribution in [0.5, 0.6) is 5.75 Å². The number of ether oxygens (including phenoxy) is 1. The molecule has 2 N–H and O–H groups in total. The highest BCUT2D eigenvalue weighted by Gasteiger charge is 2.35. The number of amides is 2. The van der Waals surface area contributed by atoms with Crippen molar-refractivity contribution in [3.63, 3.8) is 0 Å². The summed E-state index contributed by atoms with van der Waals surface area (Å²) in [4.78, 5) is 37.7. The second-order valence-electron chi connectivity index (χ2n) is 9.67. The number of carbonyl (C=O) groups excluding carboxylic acids is 2. The maximum absolute atomic E-state index is 13.5. The Morgan fingerprint density at radius 1 is 1.08 bits per heavy atom. The first-order valence-corrected chi connectivity index (χ1v) is 12.5. The summed E-state index contributed by atoms with van der Waals surface area (Å²) in [5, 5.41) is 0.317. The van der Waals surface area contributed by atoms with Crippen LogP contribution in [0.4, 0.5) is 13.2 Å². The average molecular weight is 532 g/mol. The fraction of sp³-hybridized carbons (Fsp3) is 0.462. The molecule has 1 saturated carbocycles. The van der Waals surface area contributed by atoms with E-state index in [1.807, 2.05) is 0 Å². The van der Waals surface area contributed by atoms with Crippen LogP contribution in [0.15, 0.2) is 28.7 Å². The largest absolute Gasteiger partial charge is 0.494 e. The van der Waals surface area contributed by atoms with Crippen LogP contribution in [0.25, 0.3) is 22.4 Å². The van der Waals surface area contributed by atoms with Crippen molar-refractivity contribution >= 4 is 22.7 Å². The molecule has 0 bridgehead atoms. The van der Waals surface area contributed by atoms with E-state index in [2.05, 4.69) is 9.97 Å². The van der Waals surface area contributed by atoms with Gasteiger partial charge in [-0.1, -0.05) is 6.42 Å². The van der Waals surface area contributed by atoms with Crippen LogP contribution in [0, 0.1) is 5.92 Å². The lowest BCUT2D eigenvalue weighted by Crippen LogP contribution is -2.52. The Balaban J connectivity index is 1.45. The summed E-state index contributed by atoms with van der Waals surface area (Å²) < 4.78 is 51.1. The van der Waals surface area contributed by atoms with Gasteiger partial charge in [-0.2, -0.15) is 13.2 Å². The number of methoxy groups -OCH3 is 1. The molecule has 1 atom stereocenters. The van der Waals surface area contributed by atoms with E-state index in [9.17, 15) is 22.8 Å². The number of aromatic nitrogens is 2. The number of pyridine rings is 1. The lowest BCUT2D eigenvalue weighted by Gasteiger charge is -2.38. The molecule has 1 aliphatic carbocycles. The molecule has 1 aromatic carbocycles. The first-order valence-electron chi connectivity index (χ1n) is 12.5. The maximum atomic E-state index is 13.5. The van der Waals surface area contributed by atoms with Crippen LogP contribution < -0.4 is 10.5 Å². The van der Waals surface area contributed by atoms with Gasteiger partial charge in [-0.25, -0.2) is 9.97 Å². The predicted molar refractivity (Wildman–Crippen MR) is 131 cm³/mol. The van der Waals surface area contributed by atoms with Crippen molar-refractivity contribution in [3.05, 3.63) is 41.4 Å². The van der Waals surface area contributed by atoms with Gasteiger partial charge in [-0.3, -0.25) is 9.59 Å². The molecule has 12 heteroatoms. The van der Waals surface area contributed by atoms with Crippen LogP contribution in [0.3, 0.4) is 0 Å². The van der Waals surface area contributed by atoms with Gasteiger partial charge in [-0.15, -0.1) is 0 Å². The van der Waals surface area contributed by atoms with Gasteiger partial charge >= 0.3 is 6.18 Å². The number of hydrogen-bond donors (Lipinski definition) is 1. The molecule has 1 aliphatic heterocycles. The summed E-state index contributed by atoms with van der Waals surface area (Å²) in [6.45, 7) is 3.24. The smallest absolute Gasteiger partial charge is 0.433 e. The Hall–Kier alpha value is -3.67. The highest BCUT2D eigenvalue weighted by atomic mass is 19.4. The number of carbonyl (C=O) groups is 2. The number of fused-ring (bicyclic) bond motifs is 1. The standard InChI is InChI=1S/C26H28F3N5O4/c1-14(30)22-21(25(36)34-12-10-33(11-13-34)24(35)15-4-3-5-15)32-23(38-22)17-6-8-18(37-2)20-16(17)7-9-19(31-20)26(27,28)29/h6-9,14-15H,3-5,10-13,30H2,1-2H3/t14-/m0/s1. The van der Waals surface area contributed by atoms with Gasteiger partial charge in [0.2, 0.25) is 11.8 Å². The SMILES string of the molecule is COc1ccc(-c2nc(C(=O)N3CCN(C(=O)C4CCC4)CC3)c([C@H](C)N)o2)c2ccc(C(F)(F)F)nc12. The number of oxazole rings is 1. The Bertz CT molecular complexity index is 1380. The molecule has 2 aliphatic rings. The van der Waals surface area contributed by atoms with Crippen molar-refractivity contribution < 1.29 is 31.9 Å². The maximum Gasteiger partial charge on any atom is 0.433 e. The molecule has 5 rings (SSSR count). The number of benzene rings is 1. The van der Waals surface area contributed by atoms with Gasteiger partial charge in [0.05, 0.1) is 13.2 Å². The van der Waals surface area contributed by atoms with Crippen LogP contribution in [-0.2, 0) is 11.0 Å². The van der Waals surface area contributed by atoms with Crippen LogP contribution in [0.2, 0.25) is 0 Å². The minimum absolute atomic E-state index is 0.0134. The molecular weight excluding hydrogens is 503 g/mol. The summed E-state index contributed by atoms with van der Waals surface area (Å²) in [5.41, 5.74) is 5.41. The summed E-state index contributed by atoms with van der Waals surface area (Å²) in [6, 6.07) is 4.54. The Morgan fingerprint density at radius 2 is 1.76 bits per heavy atom. The number of nitrogens with zero attached hydrogens (tertiary/aromatic N) is 4. The predicted octanol–water partition coefficient (Wildman–Crippen LogP) is 4.02. The number of rotatable bonds is 5. The van der Waals surface area contributed by atoms with Crippen LogP contribution in [0.1, 0.15) is 54.2 Å². The molecule has 0 spiro atoms. The molecule has 202 valence electrons. The van der Waals surface area contributed by atoms with Gasteiger partial charge in [0, 0.05) is 43.0 Å². The zero-order valence-electron chi connectivity index (χ0n) is 21.0.